The van der Waals surface area contributed by atoms with Crippen molar-refractivity contribution in [3.05, 3.63) is 77.6 Å². The summed E-state index contributed by atoms with van der Waals surface area (Å²) in [5.74, 6) is 0.893. The number of benzene rings is 1. The summed E-state index contributed by atoms with van der Waals surface area (Å²) in [6.45, 7) is 4.21. The summed E-state index contributed by atoms with van der Waals surface area (Å²) in [5, 5.41) is 13.8. The summed E-state index contributed by atoms with van der Waals surface area (Å²) in [7, 11) is 0. The van der Waals surface area contributed by atoms with Crippen LogP contribution in [0.15, 0.2) is 67.0 Å². The van der Waals surface area contributed by atoms with Crippen LogP contribution in [-0.2, 0) is 0 Å². The first-order valence-corrected chi connectivity index (χ1v) is 10.5. The van der Waals surface area contributed by atoms with E-state index in [4.69, 9.17) is 14.8 Å². The molecule has 0 unspecified atom stereocenters. The van der Waals surface area contributed by atoms with Crippen molar-refractivity contribution in [2.45, 2.75) is 19.8 Å². The van der Waals surface area contributed by atoms with Crippen LogP contribution in [0.1, 0.15) is 35.1 Å². The summed E-state index contributed by atoms with van der Waals surface area (Å²) < 4.78 is 6.20. The van der Waals surface area contributed by atoms with E-state index in [1.54, 1.807) is 24.4 Å². The Morgan fingerprint density at radius 1 is 1.06 bits per heavy atom. The minimum Gasteiger partial charge on any atom is -0.478 e. The summed E-state index contributed by atoms with van der Waals surface area (Å²) in [5.41, 5.74) is 1.93. The van der Waals surface area contributed by atoms with Crippen LogP contribution in [0.4, 0.5) is 11.6 Å². The van der Waals surface area contributed by atoms with Gasteiger partial charge in [-0.2, -0.15) is 0 Å². The average molecular weight is 433 g/mol. The van der Waals surface area contributed by atoms with Gasteiger partial charge in [-0.3, -0.25) is 0 Å². The number of carboxylic acids is 1. The monoisotopic (exact) mass is 432 g/mol. The summed E-state index contributed by atoms with van der Waals surface area (Å²) in [6, 6.07) is 16.5. The minimum absolute atomic E-state index is 0.121. The Morgan fingerprint density at radius 3 is 2.55 bits per heavy atom. The van der Waals surface area contributed by atoms with E-state index in [0.29, 0.717) is 23.3 Å². The van der Waals surface area contributed by atoms with Gasteiger partial charge in [0.25, 0.3) is 0 Å². The van der Waals surface area contributed by atoms with Gasteiger partial charge in [-0.25, -0.2) is 19.7 Å². The maximum Gasteiger partial charge on any atom is 0.337 e. The number of pyridine rings is 2. The molecular weight excluding hydrogens is 412 g/mol. The van der Waals surface area contributed by atoms with Crippen LogP contribution in [0, 0.1) is 0 Å². The van der Waals surface area contributed by atoms with Crippen molar-refractivity contribution >= 4 is 28.9 Å². The number of nitrogens with zero attached hydrogens (tertiary/aromatic N) is 3. The van der Waals surface area contributed by atoms with E-state index in [-0.39, 0.29) is 5.56 Å². The lowest BCUT2D eigenvalue weighted by molar-refractivity contribution is 0.0696. The second-order valence-electron chi connectivity index (χ2n) is 7.05. The molecule has 0 aliphatic carbocycles. The van der Waals surface area contributed by atoms with Gasteiger partial charge in [0.05, 0.1) is 10.6 Å². The molecular formula is C23H20N4O3S. The quantitative estimate of drug-likeness (QED) is 0.372. The highest BCUT2D eigenvalue weighted by molar-refractivity contribution is 7.14. The van der Waals surface area contributed by atoms with Crippen LogP contribution in [0.5, 0.6) is 10.8 Å². The first-order valence-electron chi connectivity index (χ1n) is 9.66. The standard InChI is InChI=1S/C23H20N4O3S/c1-14(2)21-27-20(15-6-4-3-5-7-15)23(31-21)30-17-10-11-24-19(12-17)26-18-9-8-16(13-25-18)22(28)29/h3-14H,1-2H3,(H,28,29)(H,24,25,26). The topological polar surface area (TPSA) is 97.2 Å². The fraction of sp³-hybridized carbons (Fsp3) is 0.130. The lowest BCUT2D eigenvalue weighted by Gasteiger charge is -2.08. The number of aromatic nitrogens is 3. The van der Waals surface area contributed by atoms with Gasteiger partial charge in [-0.1, -0.05) is 55.5 Å². The molecule has 8 heteroatoms. The number of rotatable bonds is 7. The van der Waals surface area contributed by atoms with Crippen LogP contribution in [0.25, 0.3) is 11.3 Å². The molecule has 0 spiro atoms. The van der Waals surface area contributed by atoms with E-state index in [2.05, 4.69) is 29.1 Å². The molecule has 31 heavy (non-hydrogen) atoms. The third kappa shape index (κ3) is 4.87. The number of aromatic carboxylic acids is 1. The molecule has 0 radical (unpaired) electrons. The van der Waals surface area contributed by atoms with E-state index in [1.165, 1.54) is 23.6 Å². The SMILES string of the molecule is CC(C)c1nc(-c2ccccc2)c(Oc2ccnc(Nc3ccc(C(=O)O)cn3)c2)s1. The molecule has 0 amide bonds. The molecule has 0 bridgehead atoms. The van der Waals surface area contributed by atoms with Gasteiger partial charge < -0.3 is 15.2 Å². The number of ether oxygens (including phenoxy) is 1. The average Bonchev–Trinajstić information content (AvgIpc) is 3.19. The molecule has 4 aromatic rings. The Labute approximate surface area is 183 Å². The zero-order chi connectivity index (χ0) is 21.8. The Hall–Kier alpha value is -3.78. The molecule has 4 rings (SSSR count). The molecule has 0 aliphatic heterocycles. The Morgan fingerprint density at radius 2 is 1.87 bits per heavy atom. The normalized spacial score (nSPS) is 10.8. The second-order valence-corrected chi connectivity index (χ2v) is 8.04. The number of hydrogen-bond donors (Lipinski definition) is 2. The molecule has 7 nitrogen and oxygen atoms in total. The van der Waals surface area contributed by atoms with Crippen molar-refractivity contribution < 1.29 is 14.6 Å². The predicted molar refractivity (Wildman–Crippen MR) is 120 cm³/mol. The van der Waals surface area contributed by atoms with Gasteiger partial charge in [-0.15, -0.1) is 0 Å². The van der Waals surface area contributed by atoms with Crippen molar-refractivity contribution in [2.75, 3.05) is 5.32 Å². The molecule has 2 N–H and O–H groups in total. The molecule has 3 heterocycles. The molecule has 0 saturated carbocycles. The number of nitrogens with one attached hydrogen (secondary N) is 1. The summed E-state index contributed by atoms with van der Waals surface area (Å²) >= 11 is 1.53. The summed E-state index contributed by atoms with van der Waals surface area (Å²) in [4.78, 5) is 24.2. The second kappa shape index (κ2) is 8.93. The maximum atomic E-state index is 11.0. The number of anilines is 2. The number of carbonyl (C=O) groups is 1. The molecule has 0 atom stereocenters. The molecule has 156 valence electrons. The highest BCUT2D eigenvalue weighted by Gasteiger charge is 2.17. The van der Waals surface area contributed by atoms with Gasteiger partial charge in [0.2, 0.25) is 5.06 Å². The minimum atomic E-state index is -1.02. The Balaban J connectivity index is 1.58. The van der Waals surface area contributed by atoms with E-state index < -0.39 is 5.97 Å². The smallest absolute Gasteiger partial charge is 0.337 e. The largest absolute Gasteiger partial charge is 0.478 e. The van der Waals surface area contributed by atoms with Crippen molar-refractivity contribution in [1.82, 2.24) is 15.0 Å². The molecule has 3 aromatic heterocycles. The Bertz CT molecular complexity index is 1190. The first-order chi connectivity index (χ1) is 15.0. The number of thiazole rings is 1. The van der Waals surface area contributed by atoms with Crippen molar-refractivity contribution in [1.29, 1.82) is 0 Å². The third-order valence-electron chi connectivity index (χ3n) is 4.36. The molecule has 0 fully saturated rings. The number of hydrogen-bond acceptors (Lipinski definition) is 7. The van der Waals surface area contributed by atoms with Crippen LogP contribution in [-0.4, -0.2) is 26.0 Å². The first kappa shape index (κ1) is 20.5. The summed E-state index contributed by atoms with van der Waals surface area (Å²) in [6.07, 6.45) is 2.93. The molecule has 0 aliphatic rings. The molecule has 1 aromatic carbocycles. The lowest BCUT2D eigenvalue weighted by atomic mass is 10.1. The lowest BCUT2D eigenvalue weighted by Crippen LogP contribution is -2.00. The zero-order valence-electron chi connectivity index (χ0n) is 16.9. The van der Waals surface area contributed by atoms with Crippen LogP contribution in [0.3, 0.4) is 0 Å². The fourth-order valence-electron chi connectivity index (χ4n) is 2.79. The van der Waals surface area contributed by atoms with E-state index in [1.807, 2.05) is 30.3 Å². The van der Waals surface area contributed by atoms with E-state index in [0.717, 1.165) is 21.3 Å². The van der Waals surface area contributed by atoms with Gasteiger partial charge in [0.15, 0.2) is 0 Å². The zero-order valence-corrected chi connectivity index (χ0v) is 17.8. The van der Waals surface area contributed by atoms with Crippen molar-refractivity contribution in [3.63, 3.8) is 0 Å². The van der Waals surface area contributed by atoms with E-state index in [9.17, 15) is 4.79 Å². The third-order valence-corrected chi connectivity index (χ3v) is 5.60. The van der Waals surface area contributed by atoms with Crippen LogP contribution < -0.4 is 10.1 Å². The predicted octanol–water partition coefficient (Wildman–Crippen LogP) is 5.96. The van der Waals surface area contributed by atoms with Crippen molar-refractivity contribution in [2.24, 2.45) is 0 Å². The number of carboxylic acid groups (broad SMARTS) is 1. The fourth-order valence-corrected chi connectivity index (χ4v) is 3.75. The van der Waals surface area contributed by atoms with Gasteiger partial charge in [-0.05, 0) is 18.2 Å². The van der Waals surface area contributed by atoms with Gasteiger partial charge in [0, 0.05) is 29.9 Å². The van der Waals surface area contributed by atoms with Crippen LogP contribution >= 0.6 is 11.3 Å². The highest BCUT2D eigenvalue weighted by atomic mass is 32.1. The molecule has 0 saturated heterocycles. The van der Waals surface area contributed by atoms with E-state index >= 15 is 0 Å². The van der Waals surface area contributed by atoms with Gasteiger partial charge in [0.1, 0.15) is 23.1 Å². The Kier molecular flexibility index (Phi) is 5.90. The highest BCUT2D eigenvalue weighted by Crippen LogP contribution is 2.40. The maximum absolute atomic E-state index is 11.0. The van der Waals surface area contributed by atoms with Crippen molar-refractivity contribution in [3.8, 4) is 22.1 Å². The van der Waals surface area contributed by atoms with Crippen LogP contribution in [0.2, 0.25) is 0 Å². The van der Waals surface area contributed by atoms with Gasteiger partial charge >= 0.3 is 5.97 Å².